The van der Waals surface area contributed by atoms with Gasteiger partial charge in [-0.2, -0.15) is 4.39 Å². The van der Waals surface area contributed by atoms with Crippen molar-refractivity contribution in [2.24, 2.45) is 0 Å². The van der Waals surface area contributed by atoms with Crippen LogP contribution in [-0.4, -0.2) is 23.2 Å². The molecule has 2 N–H and O–H groups in total. The number of nitro benzene ring substituents is 1. The number of benzene rings is 1. The standard InChI is InChI=1S/C10H8FN3O4/c11-6-2-7(12)9(3-8(6)14(17)18)13-4-5(15)1-10(13)16/h2-3H,1,4,12H2. The minimum absolute atomic E-state index is 0.0149. The second-order valence-electron chi connectivity index (χ2n) is 3.81. The molecular formula is C10H8FN3O4. The summed E-state index contributed by atoms with van der Waals surface area (Å²) in [6.45, 7) is -0.203. The van der Waals surface area contributed by atoms with Crippen LogP contribution < -0.4 is 10.6 Å². The number of halogens is 1. The molecule has 94 valence electrons. The van der Waals surface area contributed by atoms with Crippen LogP contribution in [0.15, 0.2) is 12.1 Å². The zero-order valence-corrected chi connectivity index (χ0v) is 9.05. The minimum Gasteiger partial charge on any atom is -0.397 e. The van der Waals surface area contributed by atoms with Crippen molar-refractivity contribution in [3.8, 4) is 0 Å². The largest absolute Gasteiger partial charge is 0.397 e. The van der Waals surface area contributed by atoms with Crippen molar-refractivity contribution in [3.63, 3.8) is 0 Å². The normalized spacial score (nSPS) is 15.3. The molecule has 1 fully saturated rings. The summed E-state index contributed by atoms with van der Waals surface area (Å²) >= 11 is 0. The molecule has 1 amide bonds. The van der Waals surface area contributed by atoms with Gasteiger partial charge in [-0.3, -0.25) is 19.7 Å². The summed E-state index contributed by atoms with van der Waals surface area (Å²) in [6.07, 6.45) is -0.273. The van der Waals surface area contributed by atoms with Crippen molar-refractivity contribution >= 4 is 28.8 Å². The highest BCUT2D eigenvalue weighted by Crippen LogP contribution is 2.32. The van der Waals surface area contributed by atoms with Gasteiger partial charge in [-0.05, 0) is 0 Å². The fraction of sp³-hybridized carbons (Fsp3) is 0.200. The van der Waals surface area contributed by atoms with E-state index in [4.69, 9.17) is 5.73 Å². The topological polar surface area (TPSA) is 107 Å². The smallest absolute Gasteiger partial charge is 0.307 e. The molecule has 1 aliphatic rings. The Labute approximate surface area is 100 Å². The molecule has 8 heteroatoms. The van der Waals surface area contributed by atoms with Gasteiger partial charge >= 0.3 is 5.69 Å². The maximum atomic E-state index is 13.2. The predicted octanol–water partition coefficient (Wildman–Crippen LogP) is 0.622. The average molecular weight is 253 g/mol. The van der Waals surface area contributed by atoms with Gasteiger partial charge in [0.2, 0.25) is 11.7 Å². The Morgan fingerprint density at radius 3 is 2.56 bits per heavy atom. The summed E-state index contributed by atoms with van der Waals surface area (Å²) < 4.78 is 13.2. The highest BCUT2D eigenvalue weighted by atomic mass is 19.1. The Morgan fingerprint density at radius 1 is 1.39 bits per heavy atom. The molecule has 1 aromatic rings. The molecule has 0 bridgehead atoms. The molecule has 0 unspecified atom stereocenters. The maximum Gasteiger partial charge on any atom is 0.307 e. The second kappa shape index (κ2) is 4.06. The van der Waals surface area contributed by atoms with E-state index in [1.165, 1.54) is 0 Å². The van der Waals surface area contributed by atoms with E-state index in [0.717, 1.165) is 17.0 Å². The molecule has 0 saturated carbocycles. The van der Waals surface area contributed by atoms with Crippen molar-refractivity contribution in [3.05, 3.63) is 28.1 Å². The Bertz CT molecular complexity index is 572. The highest BCUT2D eigenvalue weighted by Gasteiger charge is 2.31. The number of Topliss-reactive ketones (excluding diaryl/α,β-unsaturated/α-hetero) is 1. The Balaban J connectivity index is 2.51. The molecule has 0 aromatic heterocycles. The zero-order chi connectivity index (χ0) is 13.4. The van der Waals surface area contributed by atoms with Gasteiger partial charge in [-0.25, -0.2) is 0 Å². The summed E-state index contributed by atoms with van der Waals surface area (Å²) in [5.41, 5.74) is 4.59. The number of nitrogen functional groups attached to an aromatic ring is 1. The van der Waals surface area contributed by atoms with Gasteiger partial charge in [0.1, 0.15) is 0 Å². The third-order valence-electron chi connectivity index (χ3n) is 2.57. The Kier molecular flexibility index (Phi) is 2.70. The van der Waals surface area contributed by atoms with E-state index in [1.807, 2.05) is 0 Å². The fourth-order valence-corrected chi connectivity index (χ4v) is 1.74. The molecule has 1 aromatic carbocycles. The van der Waals surface area contributed by atoms with Crippen molar-refractivity contribution in [2.45, 2.75) is 6.42 Å². The first-order chi connectivity index (χ1) is 8.40. The van der Waals surface area contributed by atoms with E-state index in [-0.39, 0.29) is 30.1 Å². The number of ketones is 1. The zero-order valence-electron chi connectivity index (χ0n) is 9.05. The van der Waals surface area contributed by atoms with Crippen molar-refractivity contribution in [2.75, 3.05) is 17.2 Å². The predicted molar refractivity (Wildman–Crippen MR) is 59.4 cm³/mol. The minimum atomic E-state index is -1.08. The lowest BCUT2D eigenvalue weighted by molar-refractivity contribution is -0.387. The van der Waals surface area contributed by atoms with Crippen LogP contribution >= 0.6 is 0 Å². The van der Waals surface area contributed by atoms with Gasteiger partial charge in [-0.1, -0.05) is 0 Å². The average Bonchev–Trinajstić information content (AvgIpc) is 2.57. The molecule has 18 heavy (non-hydrogen) atoms. The van der Waals surface area contributed by atoms with Crippen LogP contribution in [0, 0.1) is 15.9 Å². The van der Waals surface area contributed by atoms with Crippen molar-refractivity contribution in [1.29, 1.82) is 0 Å². The van der Waals surface area contributed by atoms with Crippen LogP contribution in [0.4, 0.5) is 21.5 Å². The molecular weight excluding hydrogens is 245 g/mol. The Hall–Kier alpha value is -2.51. The lowest BCUT2D eigenvalue weighted by Crippen LogP contribution is -2.25. The van der Waals surface area contributed by atoms with Crippen molar-refractivity contribution < 1.29 is 18.9 Å². The molecule has 2 rings (SSSR count). The SMILES string of the molecule is Nc1cc(F)c([N+](=O)[O-])cc1N1CC(=O)CC1=O. The number of anilines is 2. The molecule has 1 saturated heterocycles. The summed E-state index contributed by atoms with van der Waals surface area (Å²) in [7, 11) is 0. The number of carbonyl (C=O) groups excluding carboxylic acids is 2. The first-order valence-corrected chi connectivity index (χ1v) is 4.95. The molecule has 1 aliphatic heterocycles. The third-order valence-corrected chi connectivity index (χ3v) is 2.57. The van der Waals surface area contributed by atoms with Gasteiger partial charge in [-0.15, -0.1) is 0 Å². The summed E-state index contributed by atoms with van der Waals surface area (Å²) in [5.74, 6) is -1.90. The molecule has 0 radical (unpaired) electrons. The number of amides is 1. The molecule has 7 nitrogen and oxygen atoms in total. The van der Waals surface area contributed by atoms with Gasteiger partial charge in [0, 0.05) is 12.1 Å². The fourth-order valence-electron chi connectivity index (χ4n) is 1.74. The van der Waals surface area contributed by atoms with Gasteiger partial charge < -0.3 is 10.6 Å². The second-order valence-corrected chi connectivity index (χ2v) is 3.81. The van der Waals surface area contributed by atoms with E-state index in [1.54, 1.807) is 0 Å². The van der Waals surface area contributed by atoms with Gasteiger partial charge in [0.25, 0.3) is 0 Å². The number of carbonyl (C=O) groups is 2. The number of nitro groups is 1. The lowest BCUT2D eigenvalue weighted by atomic mass is 10.2. The van der Waals surface area contributed by atoms with Gasteiger partial charge in [0.05, 0.1) is 29.3 Å². The van der Waals surface area contributed by atoms with E-state index in [0.29, 0.717) is 0 Å². The van der Waals surface area contributed by atoms with E-state index < -0.39 is 22.3 Å². The van der Waals surface area contributed by atoms with Crippen LogP contribution in [0.1, 0.15) is 6.42 Å². The summed E-state index contributed by atoms with van der Waals surface area (Å²) in [6, 6.07) is 1.63. The number of hydrogen-bond acceptors (Lipinski definition) is 5. The number of nitrogens with two attached hydrogens (primary N) is 1. The quantitative estimate of drug-likeness (QED) is 0.360. The molecule has 0 aliphatic carbocycles. The van der Waals surface area contributed by atoms with E-state index in [2.05, 4.69) is 0 Å². The molecule has 1 heterocycles. The highest BCUT2D eigenvalue weighted by molar-refractivity contribution is 6.16. The number of hydrogen-bond donors (Lipinski definition) is 1. The first-order valence-electron chi connectivity index (χ1n) is 4.95. The van der Waals surface area contributed by atoms with E-state index >= 15 is 0 Å². The van der Waals surface area contributed by atoms with Crippen LogP contribution in [0.3, 0.4) is 0 Å². The van der Waals surface area contributed by atoms with Crippen LogP contribution in [0.5, 0.6) is 0 Å². The third kappa shape index (κ3) is 1.88. The first kappa shape index (κ1) is 12.0. The van der Waals surface area contributed by atoms with Crippen LogP contribution in [0.25, 0.3) is 0 Å². The van der Waals surface area contributed by atoms with Crippen LogP contribution in [-0.2, 0) is 9.59 Å². The molecule has 0 spiro atoms. The summed E-state index contributed by atoms with van der Waals surface area (Å²) in [5, 5.41) is 10.6. The number of nitrogens with zero attached hydrogens (tertiary/aromatic N) is 2. The van der Waals surface area contributed by atoms with Crippen molar-refractivity contribution in [1.82, 2.24) is 0 Å². The van der Waals surface area contributed by atoms with E-state index in [9.17, 15) is 24.1 Å². The maximum absolute atomic E-state index is 13.2. The number of rotatable bonds is 2. The lowest BCUT2D eigenvalue weighted by Gasteiger charge is -2.16. The van der Waals surface area contributed by atoms with Gasteiger partial charge in [0.15, 0.2) is 5.78 Å². The molecule has 0 atom stereocenters. The summed E-state index contributed by atoms with van der Waals surface area (Å²) in [4.78, 5) is 33.3. The Morgan fingerprint density at radius 2 is 2.06 bits per heavy atom. The van der Waals surface area contributed by atoms with Crippen LogP contribution in [0.2, 0.25) is 0 Å². The monoisotopic (exact) mass is 253 g/mol.